The summed E-state index contributed by atoms with van der Waals surface area (Å²) in [4.78, 5) is 12.8. The number of nitrogens with two attached hydrogens (primary N) is 1. The second kappa shape index (κ2) is 6.04. The van der Waals surface area contributed by atoms with E-state index in [-0.39, 0.29) is 10.6 Å². The molecule has 6 heteroatoms. The highest BCUT2D eigenvalue weighted by Gasteiger charge is 2.28. The van der Waals surface area contributed by atoms with Gasteiger partial charge in [0, 0.05) is 30.4 Å². The first-order valence-corrected chi connectivity index (χ1v) is 7.54. The molecule has 0 spiro atoms. The smallest absolute Gasteiger partial charge is 0.282 e. The lowest BCUT2D eigenvalue weighted by molar-refractivity contribution is -0.385. The van der Waals surface area contributed by atoms with Crippen LogP contribution in [0.2, 0.25) is 0 Å². The Morgan fingerprint density at radius 1 is 1.53 bits per heavy atom. The molecule has 1 fully saturated rings. The lowest BCUT2D eigenvalue weighted by atomic mass is 9.95. The molecule has 1 saturated heterocycles. The largest absolute Gasteiger partial charge is 0.365 e. The second-order valence-corrected chi connectivity index (χ2v) is 6.13. The van der Waals surface area contributed by atoms with Crippen molar-refractivity contribution in [3.8, 4) is 0 Å². The number of benzene rings is 1. The number of nitro benzene ring substituents is 1. The van der Waals surface area contributed by atoms with Gasteiger partial charge < -0.3 is 10.6 Å². The Morgan fingerprint density at radius 3 is 2.84 bits per heavy atom. The maximum Gasteiger partial charge on any atom is 0.282 e. The Morgan fingerprint density at radius 2 is 2.26 bits per heavy atom. The predicted octanol–water partition coefficient (Wildman–Crippen LogP) is 2.91. The molecule has 1 heterocycles. The molecule has 1 aromatic rings. The van der Waals surface area contributed by atoms with Crippen molar-refractivity contribution in [3.05, 3.63) is 31.9 Å². The first-order valence-electron chi connectivity index (χ1n) is 6.47. The van der Waals surface area contributed by atoms with Crippen molar-refractivity contribution >= 4 is 34.0 Å². The summed E-state index contributed by atoms with van der Waals surface area (Å²) in [6.45, 7) is 2.81. The molecule has 0 saturated carbocycles. The van der Waals surface area contributed by atoms with Gasteiger partial charge in [-0.15, -0.1) is 0 Å². The Kier molecular flexibility index (Phi) is 4.62. The number of halogens is 1. The minimum absolute atomic E-state index is 0.165. The van der Waals surface area contributed by atoms with Gasteiger partial charge in [-0.2, -0.15) is 0 Å². The van der Waals surface area contributed by atoms with Crippen molar-refractivity contribution in [1.82, 2.24) is 0 Å². The molecule has 1 aromatic carbocycles. The zero-order valence-electron chi connectivity index (χ0n) is 10.9. The van der Waals surface area contributed by atoms with Crippen LogP contribution < -0.4 is 10.6 Å². The maximum absolute atomic E-state index is 10.9. The molecular weight excluding hydrogens is 357 g/mol. The summed E-state index contributed by atoms with van der Waals surface area (Å²) in [5, 5.41) is 10.9. The number of rotatable bonds is 3. The quantitative estimate of drug-likeness (QED) is 0.501. The van der Waals surface area contributed by atoms with Crippen molar-refractivity contribution in [2.75, 3.05) is 11.4 Å². The van der Waals surface area contributed by atoms with Crippen LogP contribution >= 0.6 is 22.6 Å². The van der Waals surface area contributed by atoms with Gasteiger partial charge in [0.1, 0.15) is 0 Å². The second-order valence-electron chi connectivity index (χ2n) is 4.97. The third-order valence-corrected chi connectivity index (χ3v) is 4.59. The lowest BCUT2D eigenvalue weighted by Gasteiger charge is -2.42. The van der Waals surface area contributed by atoms with E-state index in [2.05, 4.69) is 11.8 Å². The fraction of sp³-hybridized carbons (Fsp3) is 0.538. The zero-order chi connectivity index (χ0) is 14.0. The summed E-state index contributed by atoms with van der Waals surface area (Å²) in [5.74, 6) is 0. The van der Waals surface area contributed by atoms with Gasteiger partial charge in [-0.05, 0) is 60.9 Å². The molecule has 104 valence electrons. The van der Waals surface area contributed by atoms with Crippen molar-refractivity contribution < 1.29 is 4.92 Å². The summed E-state index contributed by atoms with van der Waals surface area (Å²) in [7, 11) is 0. The van der Waals surface area contributed by atoms with E-state index in [9.17, 15) is 10.1 Å². The topological polar surface area (TPSA) is 72.4 Å². The Balaban J connectivity index is 2.34. The Bertz CT molecular complexity index is 481. The van der Waals surface area contributed by atoms with Crippen molar-refractivity contribution in [3.63, 3.8) is 0 Å². The van der Waals surface area contributed by atoms with Crippen LogP contribution in [0.25, 0.3) is 0 Å². The van der Waals surface area contributed by atoms with E-state index in [1.807, 2.05) is 34.7 Å². The van der Waals surface area contributed by atoms with Gasteiger partial charge in [0.05, 0.1) is 8.49 Å². The SMILES string of the molecule is CC1CCCC(CN)N1c1ccc([N+](=O)[O-])c(I)c1. The lowest BCUT2D eigenvalue weighted by Crippen LogP contribution is -2.49. The van der Waals surface area contributed by atoms with Gasteiger partial charge in [-0.3, -0.25) is 10.1 Å². The molecule has 2 rings (SSSR count). The molecule has 19 heavy (non-hydrogen) atoms. The zero-order valence-corrected chi connectivity index (χ0v) is 13.0. The maximum atomic E-state index is 10.9. The minimum Gasteiger partial charge on any atom is -0.365 e. The van der Waals surface area contributed by atoms with Crippen LogP contribution in [0.4, 0.5) is 11.4 Å². The number of nitro groups is 1. The van der Waals surface area contributed by atoms with Crippen LogP contribution in [0.1, 0.15) is 26.2 Å². The number of anilines is 1. The highest BCUT2D eigenvalue weighted by atomic mass is 127. The van der Waals surface area contributed by atoms with Crippen molar-refractivity contribution in [1.29, 1.82) is 0 Å². The molecular formula is C13H18IN3O2. The molecule has 2 unspecified atom stereocenters. The summed E-state index contributed by atoms with van der Waals surface area (Å²) in [6.07, 6.45) is 3.43. The van der Waals surface area contributed by atoms with E-state index in [0.29, 0.717) is 22.2 Å². The monoisotopic (exact) mass is 375 g/mol. The molecule has 0 aromatic heterocycles. The Hall–Kier alpha value is -0.890. The first-order chi connectivity index (χ1) is 9.04. The highest BCUT2D eigenvalue weighted by Crippen LogP contribution is 2.32. The number of hydrogen-bond acceptors (Lipinski definition) is 4. The van der Waals surface area contributed by atoms with Gasteiger partial charge in [0.15, 0.2) is 0 Å². The third-order valence-electron chi connectivity index (χ3n) is 3.73. The molecule has 5 nitrogen and oxygen atoms in total. The van der Waals surface area contributed by atoms with E-state index < -0.39 is 0 Å². The third kappa shape index (κ3) is 3.00. The molecule has 0 aliphatic carbocycles. The molecule has 1 aliphatic rings. The average molecular weight is 375 g/mol. The average Bonchev–Trinajstić information content (AvgIpc) is 2.37. The van der Waals surface area contributed by atoms with Crippen LogP contribution in [0.15, 0.2) is 18.2 Å². The predicted molar refractivity (Wildman–Crippen MR) is 84.4 cm³/mol. The van der Waals surface area contributed by atoms with E-state index in [1.165, 1.54) is 6.42 Å². The molecule has 2 atom stereocenters. The van der Waals surface area contributed by atoms with Gasteiger partial charge in [-0.1, -0.05) is 0 Å². The van der Waals surface area contributed by atoms with Gasteiger partial charge in [0.2, 0.25) is 0 Å². The van der Waals surface area contributed by atoms with E-state index >= 15 is 0 Å². The molecule has 1 aliphatic heterocycles. The molecule has 2 N–H and O–H groups in total. The normalized spacial score (nSPS) is 23.4. The van der Waals surface area contributed by atoms with Gasteiger partial charge in [0.25, 0.3) is 5.69 Å². The van der Waals surface area contributed by atoms with Crippen LogP contribution in [0.3, 0.4) is 0 Å². The number of nitrogens with zero attached hydrogens (tertiary/aromatic N) is 2. The van der Waals surface area contributed by atoms with Gasteiger partial charge >= 0.3 is 0 Å². The van der Waals surface area contributed by atoms with Crippen molar-refractivity contribution in [2.45, 2.75) is 38.3 Å². The van der Waals surface area contributed by atoms with Crippen LogP contribution in [0.5, 0.6) is 0 Å². The Labute approximate surface area is 126 Å². The van der Waals surface area contributed by atoms with Crippen LogP contribution in [0, 0.1) is 13.7 Å². The van der Waals surface area contributed by atoms with E-state index in [0.717, 1.165) is 18.5 Å². The fourth-order valence-corrected chi connectivity index (χ4v) is 3.48. The fourth-order valence-electron chi connectivity index (χ4n) is 2.79. The van der Waals surface area contributed by atoms with E-state index in [4.69, 9.17) is 5.73 Å². The molecule has 0 amide bonds. The standard InChI is InChI=1S/C13H18IN3O2/c1-9-3-2-4-11(8-15)16(9)10-5-6-13(17(18)19)12(14)7-10/h5-7,9,11H,2-4,8,15H2,1H3. The van der Waals surface area contributed by atoms with Crippen molar-refractivity contribution in [2.24, 2.45) is 5.73 Å². The highest BCUT2D eigenvalue weighted by molar-refractivity contribution is 14.1. The summed E-state index contributed by atoms with van der Waals surface area (Å²) >= 11 is 2.02. The number of piperidine rings is 1. The summed E-state index contributed by atoms with van der Waals surface area (Å²) < 4.78 is 0.675. The molecule has 0 bridgehead atoms. The van der Waals surface area contributed by atoms with E-state index in [1.54, 1.807) is 6.07 Å². The summed E-state index contributed by atoms with van der Waals surface area (Å²) in [6, 6.07) is 6.08. The first kappa shape index (κ1) is 14.5. The van der Waals surface area contributed by atoms with Crippen LogP contribution in [-0.2, 0) is 0 Å². The molecule has 0 radical (unpaired) electrons. The minimum atomic E-state index is -0.342. The summed E-state index contributed by atoms with van der Waals surface area (Å²) in [5.41, 5.74) is 7.06. The number of hydrogen-bond donors (Lipinski definition) is 1. The van der Waals surface area contributed by atoms with Gasteiger partial charge in [-0.25, -0.2) is 0 Å². The van der Waals surface area contributed by atoms with Crippen LogP contribution in [-0.4, -0.2) is 23.6 Å².